The Morgan fingerprint density at radius 3 is 0.730 bits per heavy atom. The van der Waals surface area contributed by atoms with Gasteiger partial charge in [-0.1, -0.05) is 267 Å². The predicted octanol–water partition coefficient (Wildman–Crippen LogP) is 16.5. The molecule has 2 unspecified atom stereocenters. The monoisotopic (exact) mass is 873 g/mol. The van der Waals surface area contributed by atoms with Crippen LogP contribution in [0.25, 0.3) is 0 Å². The van der Waals surface area contributed by atoms with Gasteiger partial charge in [-0.15, -0.1) is 0 Å². The average molecular weight is 873 g/mol. The van der Waals surface area contributed by atoms with Crippen molar-refractivity contribution in [3.63, 3.8) is 0 Å². The zero-order chi connectivity index (χ0) is 45.8. The summed E-state index contributed by atoms with van der Waals surface area (Å²) in [5.74, 6) is 0. The second-order valence-corrected chi connectivity index (χ2v) is 26.9. The van der Waals surface area contributed by atoms with Gasteiger partial charge in [0.1, 0.15) is 0 Å². The topological polar surface area (TPSA) is 0 Å². The molecule has 0 saturated heterocycles. The van der Waals surface area contributed by atoms with Crippen molar-refractivity contribution in [1.82, 2.24) is 0 Å². The van der Waals surface area contributed by atoms with Crippen LogP contribution in [0.5, 0.6) is 0 Å². The molecule has 6 aromatic rings. The molecule has 0 N–H and O–H groups in total. The van der Waals surface area contributed by atoms with Gasteiger partial charge in [0.15, 0.2) is 0 Å². The lowest BCUT2D eigenvalue weighted by molar-refractivity contribution is 0.214. The maximum atomic E-state index is 2.51. The normalized spacial score (nSPS) is 14.0. The molecule has 0 aliphatic rings. The van der Waals surface area contributed by atoms with Gasteiger partial charge in [-0.2, -0.15) is 0 Å². The molecule has 332 valence electrons. The van der Waals surface area contributed by atoms with Crippen molar-refractivity contribution < 1.29 is 0 Å². The molecular formula is C61H78P2. The van der Waals surface area contributed by atoms with Gasteiger partial charge in [-0.05, 0) is 110 Å². The Labute approximate surface area is 387 Å². The minimum Gasteiger partial charge on any atom is -0.0654 e. The summed E-state index contributed by atoms with van der Waals surface area (Å²) in [4.78, 5) is 0. The van der Waals surface area contributed by atoms with E-state index >= 15 is 0 Å². The number of hydrogen-bond donors (Lipinski definition) is 0. The maximum absolute atomic E-state index is 2.51. The van der Waals surface area contributed by atoms with Crippen LogP contribution in [0.15, 0.2) is 158 Å². The molecule has 0 amide bonds. The highest BCUT2D eigenvalue weighted by atomic mass is 31.1. The van der Waals surface area contributed by atoms with Gasteiger partial charge in [-0.3, -0.25) is 0 Å². The molecule has 0 radical (unpaired) electrons. The van der Waals surface area contributed by atoms with Crippen molar-refractivity contribution in [2.75, 3.05) is 0 Å². The van der Waals surface area contributed by atoms with Crippen molar-refractivity contribution in [2.24, 2.45) is 5.41 Å². The second-order valence-electron chi connectivity index (χ2n) is 22.3. The molecule has 6 aromatic carbocycles. The van der Waals surface area contributed by atoms with Gasteiger partial charge < -0.3 is 0 Å². The highest BCUT2D eigenvalue weighted by molar-refractivity contribution is 7.74. The smallest absolute Gasteiger partial charge is 0.0188 e. The molecular weight excluding hydrogens is 795 g/mol. The van der Waals surface area contributed by atoms with Crippen LogP contribution in [-0.4, -0.2) is 0 Å². The van der Waals surface area contributed by atoms with E-state index in [2.05, 4.69) is 255 Å². The number of hydrogen-bond acceptors (Lipinski definition) is 0. The maximum Gasteiger partial charge on any atom is 0.0188 e. The molecule has 0 saturated carbocycles. The first kappa shape index (κ1) is 48.6. The van der Waals surface area contributed by atoms with Gasteiger partial charge in [-0.25, -0.2) is 0 Å². The van der Waals surface area contributed by atoms with E-state index in [1.165, 1.54) is 54.6 Å². The lowest BCUT2D eigenvalue weighted by Gasteiger charge is -2.53. The SMILES string of the molecule is CCCC(CCC)(C(c1ccccc1)P(c1ccc(C(C)(C)C)cc1)c1ccc(C(C)(C)C)cc1)C(c1ccccc1)P(c1ccc(C(C)(C)C)cc1)c1ccc(C(C)(C)C)cc1. The molecule has 63 heavy (non-hydrogen) atoms. The first-order valence-corrected chi connectivity index (χ1v) is 26.6. The van der Waals surface area contributed by atoms with Crippen molar-refractivity contribution in [3.8, 4) is 0 Å². The largest absolute Gasteiger partial charge is 0.0654 e. The Morgan fingerprint density at radius 2 is 0.540 bits per heavy atom. The van der Waals surface area contributed by atoms with Crippen LogP contribution in [-0.2, 0) is 21.7 Å². The van der Waals surface area contributed by atoms with E-state index in [0.717, 1.165) is 25.7 Å². The van der Waals surface area contributed by atoms with E-state index in [-0.39, 0.29) is 38.4 Å². The molecule has 2 heteroatoms. The molecule has 0 bridgehead atoms. The third-order valence-electron chi connectivity index (χ3n) is 13.3. The van der Waals surface area contributed by atoms with E-state index in [9.17, 15) is 0 Å². The van der Waals surface area contributed by atoms with Crippen LogP contribution in [0.2, 0.25) is 0 Å². The van der Waals surface area contributed by atoms with Crippen LogP contribution in [0.3, 0.4) is 0 Å². The van der Waals surface area contributed by atoms with Gasteiger partial charge in [0.25, 0.3) is 0 Å². The van der Waals surface area contributed by atoms with Crippen LogP contribution in [0, 0.1) is 5.41 Å². The molecule has 0 aliphatic heterocycles. The molecule has 0 aliphatic carbocycles. The molecule has 0 aromatic heterocycles. The minimum absolute atomic E-state index is 0.0714. The summed E-state index contributed by atoms with van der Waals surface area (Å²) < 4.78 is 0. The summed E-state index contributed by atoms with van der Waals surface area (Å²) in [5.41, 5.74) is 9.09. The molecule has 0 spiro atoms. The van der Waals surface area contributed by atoms with Gasteiger partial charge in [0.05, 0.1) is 0 Å². The molecule has 0 nitrogen and oxygen atoms in total. The van der Waals surface area contributed by atoms with E-state index < -0.39 is 15.8 Å². The minimum atomic E-state index is -0.914. The Balaban J connectivity index is 1.76. The van der Waals surface area contributed by atoms with Crippen LogP contribution >= 0.6 is 15.8 Å². The van der Waals surface area contributed by atoms with E-state index in [1.807, 2.05) is 0 Å². The van der Waals surface area contributed by atoms with Crippen molar-refractivity contribution >= 4 is 37.1 Å². The molecule has 2 atom stereocenters. The highest BCUT2D eigenvalue weighted by Gasteiger charge is 2.52. The third kappa shape index (κ3) is 11.2. The number of rotatable bonds is 14. The fourth-order valence-electron chi connectivity index (χ4n) is 9.88. The summed E-state index contributed by atoms with van der Waals surface area (Å²) in [6.45, 7) is 33.0. The average Bonchev–Trinajstić information content (AvgIpc) is 3.24. The molecule has 6 rings (SSSR count). The third-order valence-corrected chi connectivity index (χ3v) is 19.4. The van der Waals surface area contributed by atoms with Crippen molar-refractivity contribution in [1.29, 1.82) is 0 Å². The Hall–Kier alpha value is -3.82. The Morgan fingerprint density at radius 1 is 0.317 bits per heavy atom. The van der Waals surface area contributed by atoms with Gasteiger partial charge in [0, 0.05) is 11.3 Å². The van der Waals surface area contributed by atoms with Crippen molar-refractivity contribution in [3.05, 3.63) is 191 Å². The summed E-state index contributed by atoms with van der Waals surface area (Å²) >= 11 is 0. The van der Waals surface area contributed by atoms with Gasteiger partial charge in [0.2, 0.25) is 0 Å². The predicted molar refractivity (Wildman–Crippen MR) is 284 cm³/mol. The zero-order valence-corrected chi connectivity index (χ0v) is 43.2. The number of benzene rings is 6. The molecule has 0 heterocycles. The summed E-state index contributed by atoms with van der Waals surface area (Å²) in [5, 5.41) is 5.86. The van der Waals surface area contributed by atoms with Crippen molar-refractivity contribution in [2.45, 2.75) is 156 Å². The summed E-state index contributed by atoms with van der Waals surface area (Å²) in [7, 11) is -1.83. The first-order valence-electron chi connectivity index (χ1n) is 23.8. The first-order chi connectivity index (χ1) is 29.7. The summed E-state index contributed by atoms with van der Waals surface area (Å²) in [6.07, 6.45) is 4.46. The Bertz CT molecular complexity index is 2020. The highest BCUT2D eigenvalue weighted by Crippen LogP contribution is 2.72. The molecule has 0 fully saturated rings. The fourth-order valence-corrected chi connectivity index (χ4v) is 16.5. The summed E-state index contributed by atoms with van der Waals surface area (Å²) in [6, 6.07) is 63.2. The van der Waals surface area contributed by atoms with Crippen LogP contribution in [0.4, 0.5) is 0 Å². The quantitative estimate of drug-likeness (QED) is 0.0957. The second kappa shape index (κ2) is 19.7. The van der Waals surface area contributed by atoms with Crippen LogP contribution < -0.4 is 21.2 Å². The standard InChI is InChI=1S/C61H78P2/c1-15-43-61(44-16-2,55(45-23-19-17-20-24-45)62(51-35-27-47(28-36-51)57(3,4)5)52-37-29-48(30-38-52)58(6,7)8)56(46-25-21-18-22-26-46)63(53-39-31-49(32-40-53)59(9,10)11)54-41-33-50(34-42-54)60(12,13)14/h17-42,55-56H,15-16,43-44H2,1-14H3. The van der Waals surface area contributed by atoms with E-state index in [4.69, 9.17) is 0 Å². The van der Waals surface area contributed by atoms with E-state index in [0.29, 0.717) is 0 Å². The van der Waals surface area contributed by atoms with Crippen LogP contribution in [0.1, 0.15) is 167 Å². The Kier molecular flexibility index (Phi) is 15.2. The lowest BCUT2D eigenvalue weighted by atomic mass is 9.69. The lowest BCUT2D eigenvalue weighted by Crippen LogP contribution is -2.40. The zero-order valence-electron chi connectivity index (χ0n) is 41.4. The fraction of sp³-hybridized carbons (Fsp3) is 0.410. The van der Waals surface area contributed by atoms with E-state index in [1.54, 1.807) is 0 Å². The van der Waals surface area contributed by atoms with Gasteiger partial charge >= 0.3 is 0 Å².